The first-order chi connectivity index (χ1) is 12.6. The molecule has 4 heteroatoms. The first-order valence-electron chi connectivity index (χ1n) is 10.9. The molecule has 0 amide bonds. The van der Waals surface area contributed by atoms with Gasteiger partial charge in [0, 0.05) is 12.8 Å². The molecule has 0 aromatic carbocycles. The van der Waals surface area contributed by atoms with Gasteiger partial charge in [-0.2, -0.15) is 0 Å². The molecule has 0 N–H and O–H groups in total. The second kappa shape index (κ2) is 11.6. The van der Waals surface area contributed by atoms with Crippen LogP contribution in [0, 0.1) is 23.7 Å². The number of carbonyl (C=O) groups is 2. The van der Waals surface area contributed by atoms with E-state index >= 15 is 0 Å². The standard InChI is InChI=1S/C22H38O4/c1-17-9-3-5-11-19(17)15-25-21(23)13-7-8-14-22(24)26-16-20-12-6-4-10-18(20)2/h17-20H,3-16H2,1-2H3. The lowest BCUT2D eigenvalue weighted by molar-refractivity contribution is -0.148. The van der Waals surface area contributed by atoms with Crippen molar-refractivity contribution in [2.24, 2.45) is 23.7 Å². The van der Waals surface area contributed by atoms with Crippen LogP contribution in [0.3, 0.4) is 0 Å². The van der Waals surface area contributed by atoms with Gasteiger partial charge in [0.05, 0.1) is 13.2 Å². The molecule has 0 aromatic heterocycles. The largest absolute Gasteiger partial charge is 0.465 e. The maximum atomic E-state index is 11.9. The van der Waals surface area contributed by atoms with Crippen LogP contribution in [-0.2, 0) is 19.1 Å². The van der Waals surface area contributed by atoms with Crippen LogP contribution >= 0.6 is 0 Å². The first kappa shape index (κ1) is 21.2. The summed E-state index contributed by atoms with van der Waals surface area (Å²) < 4.78 is 10.9. The highest BCUT2D eigenvalue weighted by atomic mass is 16.5. The van der Waals surface area contributed by atoms with Gasteiger partial charge in [0.15, 0.2) is 0 Å². The van der Waals surface area contributed by atoms with E-state index in [1.54, 1.807) is 0 Å². The van der Waals surface area contributed by atoms with Crippen LogP contribution in [0.4, 0.5) is 0 Å². The summed E-state index contributed by atoms with van der Waals surface area (Å²) in [4.78, 5) is 23.7. The van der Waals surface area contributed by atoms with Crippen molar-refractivity contribution in [1.82, 2.24) is 0 Å². The normalized spacial score (nSPS) is 29.2. The SMILES string of the molecule is CC1CCCCC1COC(=O)CCCCC(=O)OCC1CCCCC1C. The third-order valence-corrected chi connectivity index (χ3v) is 6.51. The van der Waals surface area contributed by atoms with Gasteiger partial charge in [-0.3, -0.25) is 9.59 Å². The van der Waals surface area contributed by atoms with Crippen molar-refractivity contribution in [1.29, 1.82) is 0 Å². The zero-order valence-corrected chi connectivity index (χ0v) is 16.8. The molecule has 4 atom stereocenters. The van der Waals surface area contributed by atoms with Crippen molar-refractivity contribution in [2.75, 3.05) is 13.2 Å². The summed E-state index contributed by atoms with van der Waals surface area (Å²) in [7, 11) is 0. The van der Waals surface area contributed by atoms with Crippen LogP contribution in [-0.4, -0.2) is 25.2 Å². The smallest absolute Gasteiger partial charge is 0.305 e. The molecule has 26 heavy (non-hydrogen) atoms. The molecular weight excluding hydrogens is 328 g/mol. The minimum absolute atomic E-state index is 0.118. The quantitative estimate of drug-likeness (QED) is 0.411. The summed E-state index contributed by atoms with van der Waals surface area (Å²) in [6, 6.07) is 0. The van der Waals surface area contributed by atoms with Crippen molar-refractivity contribution in [3.05, 3.63) is 0 Å². The highest BCUT2D eigenvalue weighted by Crippen LogP contribution is 2.30. The van der Waals surface area contributed by atoms with E-state index in [4.69, 9.17) is 9.47 Å². The van der Waals surface area contributed by atoms with Gasteiger partial charge in [-0.1, -0.05) is 52.4 Å². The third kappa shape index (κ3) is 7.67. The van der Waals surface area contributed by atoms with Gasteiger partial charge in [-0.05, 0) is 49.4 Å². The average Bonchev–Trinajstić information content (AvgIpc) is 2.64. The number of carbonyl (C=O) groups excluding carboxylic acids is 2. The van der Waals surface area contributed by atoms with Gasteiger partial charge in [0.2, 0.25) is 0 Å². The molecule has 0 spiro atoms. The van der Waals surface area contributed by atoms with Crippen LogP contribution in [0.15, 0.2) is 0 Å². The molecule has 0 bridgehead atoms. The summed E-state index contributed by atoms with van der Waals surface area (Å²) in [6.45, 7) is 5.66. The van der Waals surface area contributed by atoms with Crippen LogP contribution < -0.4 is 0 Å². The van der Waals surface area contributed by atoms with E-state index in [1.807, 2.05) is 0 Å². The Morgan fingerprint density at radius 1 is 0.692 bits per heavy atom. The monoisotopic (exact) mass is 366 g/mol. The Kier molecular flexibility index (Phi) is 9.49. The number of esters is 2. The Labute approximate surface area is 159 Å². The van der Waals surface area contributed by atoms with Gasteiger partial charge in [0.25, 0.3) is 0 Å². The summed E-state index contributed by atoms with van der Waals surface area (Å²) >= 11 is 0. The molecule has 0 saturated heterocycles. The van der Waals surface area contributed by atoms with E-state index in [-0.39, 0.29) is 11.9 Å². The number of hydrogen-bond donors (Lipinski definition) is 0. The second-order valence-electron chi connectivity index (χ2n) is 8.62. The molecule has 0 aromatic rings. The van der Waals surface area contributed by atoms with Crippen molar-refractivity contribution >= 4 is 11.9 Å². The number of ether oxygens (including phenoxy) is 2. The summed E-state index contributed by atoms with van der Waals surface area (Å²) in [6.07, 6.45) is 12.2. The van der Waals surface area contributed by atoms with E-state index in [9.17, 15) is 9.59 Å². The van der Waals surface area contributed by atoms with E-state index in [2.05, 4.69) is 13.8 Å². The third-order valence-electron chi connectivity index (χ3n) is 6.51. The Balaban J connectivity index is 1.48. The maximum Gasteiger partial charge on any atom is 0.305 e. The first-order valence-corrected chi connectivity index (χ1v) is 10.9. The fourth-order valence-electron chi connectivity index (χ4n) is 4.36. The van der Waals surface area contributed by atoms with Crippen LogP contribution in [0.5, 0.6) is 0 Å². The molecule has 2 rings (SSSR count). The molecule has 0 heterocycles. The minimum atomic E-state index is -0.118. The van der Waals surface area contributed by atoms with Gasteiger partial charge in [0.1, 0.15) is 0 Å². The van der Waals surface area contributed by atoms with E-state index in [0.29, 0.717) is 62.6 Å². The fourth-order valence-corrected chi connectivity index (χ4v) is 4.36. The molecule has 0 radical (unpaired) electrons. The molecule has 2 aliphatic carbocycles. The highest BCUT2D eigenvalue weighted by Gasteiger charge is 2.23. The molecule has 0 aliphatic heterocycles. The Hall–Kier alpha value is -1.06. The lowest BCUT2D eigenvalue weighted by atomic mass is 9.81. The highest BCUT2D eigenvalue weighted by molar-refractivity contribution is 5.70. The van der Waals surface area contributed by atoms with E-state index in [0.717, 1.165) is 0 Å². The molecular formula is C22H38O4. The summed E-state index contributed by atoms with van der Waals surface area (Å²) in [5.41, 5.74) is 0. The molecule has 4 unspecified atom stereocenters. The molecule has 4 nitrogen and oxygen atoms in total. The molecule has 150 valence electrons. The number of rotatable bonds is 9. The van der Waals surface area contributed by atoms with Crippen LogP contribution in [0.1, 0.15) is 90.9 Å². The van der Waals surface area contributed by atoms with Gasteiger partial charge >= 0.3 is 11.9 Å². The lowest BCUT2D eigenvalue weighted by Crippen LogP contribution is -2.23. The maximum absolute atomic E-state index is 11.9. The molecule has 2 saturated carbocycles. The Morgan fingerprint density at radius 3 is 1.46 bits per heavy atom. The topological polar surface area (TPSA) is 52.6 Å². The predicted octanol–water partition coefficient (Wildman–Crippen LogP) is 5.29. The number of unbranched alkanes of at least 4 members (excludes halogenated alkanes) is 1. The van der Waals surface area contributed by atoms with Gasteiger partial charge in [-0.25, -0.2) is 0 Å². The fraction of sp³-hybridized carbons (Fsp3) is 0.909. The zero-order chi connectivity index (χ0) is 18.8. The summed E-state index contributed by atoms with van der Waals surface area (Å²) in [5, 5.41) is 0. The van der Waals surface area contributed by atoms with Gasteiger partial charge in [-0.15, -0.1) is 0 Å². The molecule has 2 fully saturated rings. The van der Waals surface area contributed by atoms with Crippen molar-refractivity contribution in [3.63, 3.8) is 0 Å². The lowest BCUT2D eigenvalue weighted by Gasteiger charge is -2.28. The zero-order valence-electron chi connectivity index (χ0n) is 16.8. The van der Waals surface area contributed by atoms with Gasteiger partial charge < -0.3 is 9.47 Å². The predicted molar refractivity (Wildman–Crippen MR) is 103 cm³/mol. The summed E-state index contributed by atoms with van der Waals surface area (Å²) in [5.74, 6) is 2.16. The molecule has 2 aliphatic rings. The van der Waals surface area contributed by atoms with E-state index < -0.39 is 0 Å². The Bertz CT molecular complexity index is 394. The Morgan fingerprint density at radius 2 is 1.08 bits per heavy atom. The van der Waals surface area contributed by atoms with Crippen LogP contribution in [0.2, 0.25) is 0 Å². The van der Waals surface area contributed by atoms with Crippen LogP contribution in [0.25, 0.3) is 0 Å². The van der Waals surface area contributed by atoms with Crippen molar-refractivity contribution in [2.45, 2.75) is 90.9 Å². The van der Waals surface area contributed by atoms with Crippen molar-refractivity contribution in [3.8, 4) is 0 Å². The number of hydrogen-bond acceptors (Lipinski definition) is 4. The van der Waals surface area contributed by atoms with E-state index in [1.165, 1.54) is 51.4 Å². The van der Waals surface area contributed by atoms with Crippen molar-refractivity contribution < 1.29 is 19.1 Å². The second-order valence-corrected chi connectivity index (χ2v) is 8.62. The minimum Gasteiger partial charge on any atom is -0.465 e. The average molecular weight is 367 g/mol.